The van der Waals surface area contributed by atoms with Gasteiger partial charge in [-0.3, -0.25) is 4.79 Å². The summed E-state index contributed by atoms with van der Waals surface area (Å²) in [7, 11) is 1.68. The first-order valence-corrected chi connectivity index (χ1v) is 9.52. The highest BCUT2D eigenvalue weighted by Gasteiger charge is 2.22. The highest BCUT2D eigenvalue weighted by molar-refractivity contribution is 5.95. The molecule has 5 nitrogen and oxygen atoms in total. The summed E-state index contributed by atoms with van der Waals surface area (Å²) in [6.07, 6.45) is 3.02. The summed E-state index contributed by atoms with van der Waals surface area (Å²) in [5.41, 5.74) is 5.71. The molecule has 0 saturated carbocycles. The van der Waals surface area contributed by atoms with Gasteiger partial charge in [0.15, 0.2) is 0 Å². The fourth-order valence-electron chi connectivity index (χ4n) is 3.65. The van der Waals surface area contributed by atoms with Crippen LogP contribution in [0.25, 0.3) is 11.3 Å². The number of benzene rings is 2. The van der Waals surface area contributed by atoms with Crippen molar-refractivity contribution in [2.75, 3.05) is 7.11 Å². The predicted octanol–water partition coefficient (Wildman–Crippen LogP) is 4.27. The highest BCUT2D eigenvalue weighted by atomic mass is 16.5. The second-order valence-corrected chi connectivity index (χ2v) is 7.12. The van der Waals surface area contributed by atoms with Gasteiger partial charge in [0.25, 0.3) is 5.91 Å². The van der Waals surface area contributed by atoms with Crippen LogP contribution in [-0.4, -0.2) is 23.2 Å². The molecule has 4 rings (SSSR count). The largest absolute Gasteiger partial charge is 0.497 e. The Labute approximate surface area is 164 Å². The lowest BCUT2D eigenvalue weighted by molar-refractivity contribution is 0.0933. The third-order valence-corrected chi connectivity index (χ3v) is 5.21. The second-order valence-electron chi connectivity index (χ2n) is 7.12. The summed E-state index contributed by atoms with van der Waals surface area (Å²) in [6.45, 7) is 1.91. The van der Waals surface area contributed by atoms with Crippen LogP contribution in [0.5, 0.6) is 5.75 Å². The number of carbonyl (C=O) groups is 1. The summed E-state index contributed by atoms with van der Waals surface area (Å²) < 4.78 is 5.32. The van der Waals surface area contributed by atoms with Gasteiger partial charge >= 0.3 is 0 Å². The van der Waals surface area contributed by atoms with E-state index in [1.54, 1.807) is 7.11 Å². The Hall–Kier alpha value is -3.21. The number of aromatic nitrogens is 2. The van der Waals surface area contributed by atoms with Crippen molar-refractivity contribution in [3.8, 4) is 17.0 Å². The summed E-state index contributed by atoms with van der Waals surface area (Å²) >= 11 is 0. The highest BCUT2D eigenvalue weighted by Crippen LogP contribution is 2.32. The lowest BCUT2D eigenvalue weighted by atomic mass is 9.87. The van der Waals surface area contributed by atoms with Gasteiger partial charge in [0.1, 0.15) is 5.75 Å². The van der Waals surface area contributed by atoms with Crippen molar-refractivity contribution in [1.29, 1.82) is 0 Å². The first kappa shape index (κ1) is 18.2. The lowest BCUT2D eigenvalue weighted by Gasteiger charge is -2.27. The number of nitrogens with one attached hydrogen (secondary N) is 1. The average Bonchev–Trinajstić information content (AvgIpc) is 2.74. The summed E-state index contributed by atoms with van der Waals surface area (Å²) in [6, 6.07) is 17.5. The molecule has 5 heteroatoms. The smallest absolute Gasteiger partial charge is 0.251 e. The molecule has 1 heterocycles. The van der Waals surface area contributed by atoms with Gasteiger partial charge in [-0.25, -0.2) is 0 Å². The third-order valence-electron chi connectivity index (χ3n) is 5.21. The van der Waals surface area contributed by atoms with Gasteiger partial charge in [-0.15, -0.1) is 0 Å². The maximum atomic E-state index is 12.8. The normalized spacial score (nSPS) is 15.6. The van der Waals surface area contributed by atoms with Crippen molar-refractivity contribution in [2.24, 2.45) is 0 Å². The summed E-state index contributed by atoms with van der Waals surface area (Å²) in [5.74, 6) is 0.802. The van der Waals surface area contributed by atoms with E-state index in [1.165, 1.54) is 11.1 Å². The first-order chi connectivity index (χ1) is 13.6. The number of fused-ring (bicyclic) bond motifs is 1. The van der Waals surface area contributed by atoms with Crippen molar-refractivity contribution < 1.29 is 9.53 Å². The molecule has 0 saturated heterocycles. The van der Waals surface area contributed by atoms with Gasteiger partial charge in [0, 0.05) is 11.1 Å². The number of carbonyl (C=O) groups excluding carboxylic acids is 1. The van der Waals surface area contributed by atoms with E-state index in [1.807, 2.05) is 49.4 Å². The molecule has 28 heavy (non-hydrogen) atoms. The van der Waals surface area contributed by atoms with Crippen LogP contribution in [0, 0.1) is 6.92 Å². The number of methoxy groups -OCH3 is 1. The van der Waals surface area contributed by atoms with Crippen LogP contribution in [-0.2, 0) is 6.42 Å². The average molecular weight is 373 g/mol. The maximum absolute atomic E-state index is 12.8. The lowest BCUT2D eigenvalue weighted by Crippen LogP contribution is -2.31. The molecule has 1 N–H and O–H groups in total. The van der Waals surface area contributed by atoms with E-state index in [4.69, 9.17) is 4.74 Å². The van der Waals surface area contributed by atoms with Gasteiger partial charge in [0.05, 0.1) is 24.5 Å². The van der Waals surface area contributed by atoms with Crippen LogP contribution < -0.4 is 10.1 Å². The van der Waals surface area contributed by atoms with Crippen LogP contribution in [0.3, 0.4) is 0 Å². The molecular formula is C23H23N3O2. The van der Waals surface area contributed by atoms with Crippen LogP contribution in [0.15, 0.2) is 54.6 Å². The van der Waals surface area contributed by atoms with Crippen molar-refractivity contribution >= 4 is 5.91 Å². The molecule has 2 aromatic carbocycles. The number of rotatable bonds is 4. The van der Waals surface area contributed by atoms with E-state index in [-0.39, 0.29) is 11.9 Å². The Kier molecular flexibility index (Phi) is 5.06. The zero-order valence-electron chi connectivity index (χ0n) is 16.1. The van der Waals surface area contributed by atoms with Crippen molar-refractivity contribution in [1.82, 2.24) is 15.5 Å². The Morgan fingerprint density at radius 3 is 2.61 bits per heavy atom. The first-order valence-electron chi connectivity index (χ1n) is 9.52. The Balaban J connectivity index is 1.49. The molecule has 3 aromatic rings. The standard InChI is InChI=1S/C23H23N3O2/c1-15-6-13-21(26-25-15)16-7-9-17(10-8-16)23(27)24-22-5-3-4-18-14-19(28-2)11-12-20(18)22/h6-14,22H,3-5H2,1-2H3,(H,24,27)/t22-/m0/s1. The molecule has 0 unspecified atom stereocenters. The fraction of sp³-hybridized carbons (Fsp3) is 0.261. The molecule has 1 aliphatic rings. The van der Waals surface area contributed by atoms with E-state index < -0.39 is 0 Å². The molecule has 142 valence electrons. The van der Waals surface area contributed by atoms with Crippen LogP contribution in [0.2, 0.25) is 0 Å². The minimum absolute atomic E-state index is 0.0322. The van der Waals surface area contributed by atoms with E-state index in [0.29, 0.717) is 5.56 Å². The molecule has 1 atom stereocenters. The third kappa shape index (κ3) is 3.74. The minimum atomic E-state index is -0.0600. The summed E-state index contributed by atoms with van der Waals surface area (Å²) in [5, 5.41) is 11.5. The Bertz CT molecular complexity index is 982. The van der Waals surface area contributed by atoms with Gasteiger partial charge < -0.3 is 10.1 Å². The minimum Gasteiger partial charge on any atom is -0.497 e. The van der Waals surface area contributed by atoms with Crippen LogP contribution >= 0.6 is 0 Å². The van der Waals surface area contributed by atoms with Crippen LogP contribution in [0.1, 0.15) is 46.1 Å². The molecule has 0 bridgehead atoms. The fourth-order valence-corrected chi connectivity index (χ4v) is 3.65. The SMILES string of the molecule is COc1ccc2c(c1)CCC[C@@H]2NC(=O)c1ccc(-c2ccc(C)nn2)cc1. The van der Waals surface area contributed by atoms with Gasteiger partial charge in [0.2, 0.25) is 0 Å². The maximum Gasteiger partial charge on any atom is 0.251 e. The van der Waals surface area contributed by atoms with E-state index >= 15 is 0 Å². The molecule has 0 spiro atoms. The monoisotopic (exact) mass is 373 g/mol. The zero-order chi connectivity index (χ0) is 19.5. The van der Waals surface area contributed by atoms with Gasteiger partial charge in [-0.2, -0.15) is 10.2 Å². The topological polar surface area (TPSA) is 64.1 Å². The van der Waals surface area contributed by atoms with Gasteiger partial charge in [-0.05, 0) is 73.7 Å². The predicted molar refractivity (Wildman–Crippen MR) is 108 cm³/mol. The number of ether oxygens (including phenoxy) is 1. The summed E-state index contributed by atoms with van der Waals surface area (Å²) in [4.78, 5) is 12.8. The molecule has 1 amide bonds. The van der Waals surface area contributed by atoms with E-state index in [0.717, 1.165) is 42.0 Å². The number of amides is 1. The van der Waals surface area contributed by atoms with E-state index in [9.17, 15) is 4.79 Å². The Morgan fingerprint density at radius 1 is 1.07 bits per heavy atom. The number of aryl methyl sites for hydroxylation is 2. The number of hydrogen-bond donors (Lipinski definition) is 1. The van der Waals surface area contributed by atoms with Crippen LogP contribution in [0.4, 0.5) is 0 Å². The van der Waals surface area contributed by atoms with Crippen molar-refractivity contribution in [3.05, 3.63) is 77.0 Å². The molecule has 1 aromatic heterocycles. The molecule has 1 aliphatic carbocycles. The molecular weight excluding hydrogens is 350 g/mol. The van der Waals surface area contributed by atoms with Crippen molar-refractivity contribution in [3.63, 3.8) is 0 Å². The number of nitrogens with zero attached hydrogens (tertiary/aromatic N) is 2. The molecule has 0 aliphatic heterocycles. The van der Waals surface area contributed by atoms with Crippen molar-refractivity contribution in [2.45, 2.75) is 32.2 Å². The second kappa shape index (κ2) is 7.80. The molecule has 0 fully saturated rings. The van der Waals surface area contributed by atoms with E-state index in [2.05, 4.69) is 27.6 Å². The zero-order valence-corrected chi connectivity index (χ0v) is 16.1. The Morgan fingerprint density at radius 2 is 1.89 bits per heavy atom. The number of hydrogen-bond acceptors (Lipinski definition) is 4. The molecule has 0 radical (unpaired) electrons. The quantitative estimate of drug-likeness (QED) is 0.742. The van der Waals surface area contributed by atoms with Gasteiger partial charge in [-0.1, -0.05) is 18.2 Å².